The summed E-state index contributed by atoms with van der Waals surface area (Å²) in [6.07, 6.45) is 3.58. The molecule has 0 radical (unpaired) electrons. The molecule has 0 aliphatic carbocycles. The van der Waals surface area contributed by atoms with Gasteiger partial charge in [0.05, 0.1) is 12.1 Å². The molecule has 1 amide bonds. The maximum absolute atomic E-state index is 12.0. The standard InChI is InChI=1S/C16H20N4O3/c1-20-7-6-17-15(20)10-23-13-4-2-11(3-5-13)19-16(22)14-8-12(21)9-18-14/h2-7,12,14,18,21H,8-10H2,1H3,(H,19,22). The van der Waals surface area contributed by atoms with E-state index < -0.39 is 6.10 Å². The molecule has 1 saturated heterocycles. The number of β-amino-alcohol motifs (C(OH)–C–C–N with tert-alkyl or cyclic N) is 1. The lowest BCUT2D eigenvalue weighted by atomic mass is 10.2. The third-order valence-corrected chi connectivity index (χ3v) is 3.83. The van der Waals surface area contributed by atoms with Gasteiger partial charge in [-0.3, -0.25) is 4.79 Å². The molecule has 2 aromatic rings. The molecule has 3 rings (SSSR count). The molecule has 1 aliphatic rings. The number of aliphatic hydroxyl groups excluding tert-OH is 1. The van der Waals surface area contributed by atoms with Crippen LogP contribution in [0.3, 0.4) is 0 Å². The summed E-state index contributed by atoms with van der Waals surface area (Å²) in [6, 6.07) is 6.84. The minimum absolute atomic E-state index is 0.136. The number of hydrogen-bond donors (Lipinski definition) is 3. The highest BCUT2D eigenvalue weighted by atomic mass is 16.5. The summed E-state index contributed by atoms with van der Waals surface area (Å²) in [5.41, 5.74) is 0.697. The molecule has 1 aliphatic heterocycles. The molecular weight excluding hydrogens is 296 g/mol. The largest absolute Gasteiger partial charge is 0.486 e. The van der Waals surface area contributed by atoms with Crippen molar-refractivity contribution in [3.8, 4) is 5.75 Å². The summed E-state index contributed by atoms with van der Waals surface area (Å²) in [5, 5.41) is 15.3. The number of carbonyl (C=O) groups is 1. The van der Waals surface area contributed by atoms with Crippen LogP contribution in [0, 0.1) is 0 Å². The first-order valence-electron chi connectivity index (χ1n) is 7.53. The third-order valence-electron chi connectivity index (χ3n) is 3.83. The number of ether oxygens (including phenoxy) is 1. The second-order valence-electron chi connectivity index (χ2n) is 5.61. The van der Waals surface area contributed by atoms with Gasteiger partial charge in [-0.15, -0.1) is 0 Å². The van der Waals surface area contributed by atoms with Crippen molar-refractivity contribution in [2.45, 2.75) is 25.2 Å². The van der Waals surface area contributed by atoms with Crippen LogP contribution in [0.5, 0.6) is 5.75 Å². The summed E-state index contributed by atoms with van der Waals surface area (Å²) < 4.78 is 7.56. The van der Waals surface area contributed by atoms with E-state index in [1.807, 2.05) is 17.8 Å². The lowest BCUT2D eigenvalue weighted by Gasteiger charge is -2.12. The Labute approximate surface area is 134 Å². The van der Waals surface area contributed by atoms with Crippen LogP contribution in [-0.2, 0) is 18.4 Å². The van der Waals surface area contributed by atoms with Crippen molar-refractivity contribution in [3.63, 3.8) is 0 Å². The number of aliphatic hydroxyl groups is 1. The van der Waals surface area contributed by atoms with Gasteiger partial charge in [-0.05, 0) is 30.7 Å². The van der Waals surface area contributed by atoms with Crippen molar-refractivity contribution >= 4 is 11.6 Å². The van der Waals surface area contributed by atoms with Gasteiger partial charge in [0.25, 0.3) is 0 Å². The summed E-state index contributed by atoms with van der Waals surface area (Å²) in [7, 11) is 1.91. The van der Waals surface area contributed by atoms with Gasteiger partial charge in [-0.1, -0.05) is 0 Å². The fraction of sp³-hybridized carbons (Fsp3) is 0.375. The van der Waals surface area contributed by atoms with Gasteiger partial charge in [-0.25, -0.2) is 4.98 Å². The zero-order chi connectivity index (χ0) is 16.2. The van der Waals surface area contributed by atoms with Crippen LogP contribution in [0.1, 0.15) is 12.2 Å². The van der Waals surface area contributed by atoms with Gasteiger partial charge < -0.3 is 25.0 Å². The Morgan fingerprint density at radius 1 is 1.48 bits per heavy atom. The van der Waals surface area contributed by atoms with E-state index in [9.17, 15) is 9.90 Å². The first kappa shape index (κ1) is 15.5. The number of carbonyl (C=O) groups excluding carboxylic acids is 1. The molecule has 1 aromatic heterocycles. The van der Waals surface area contributed by atoms with E-state index in [-0.39, 0.29) is 11.9 Å². The number of rotatable bonds is 5. The molecule has 0 bridgehead atoms. The van der Waals surface area contributed by atoms with Gasteiger partial charge in [-0.2, -0.15) is 0 Å². The minimum atomic E-state index is -0.451. The minimum Gasteiger partial charge on any atom is -0.486 e. The van der Waals surface area contributed by atoms with E-state index in [2.05, 4.69) is 15.6 Å². The van der Waals surface area contributed by atoms with E-state index in [0.717, 1.165) is 5.82 Å². The zero-order valence-corrected chi connectivity index (χ0v) is 12.9. The van der Waals surface area contributed by atoms with Gasteiger partial charge in [0.1, 0.15) is 18.2 Å². The van der Waals surface area contributed by atoms with Crippen molar-refractivity contribution in [2.24, 2.45) is 7.05 Å². The number of anilines is 1. The molecule has 0 spiro atoms. The Kier molecular flexibility index (Phi) is 4.59. The van der Waals surface area contributed by atoms with E-state index in [1.165, 1.54) is 0 Å². The number of imidazole rings is 1. The average molecular weight is 316 g/mol. The van der Waals surface area contributed by atoms with Crippen LogP contribution in [0.4, 0.5) is 5.69 Å². The molecule has 1 aromatic carbocycles. The normalized spacial score (nSPS) is 20.4. The predicted molar refractivity (Wildman–Crippen MR) is 85.0 cm³/mol. The van der Waals surface area contributed by atoms with Crippen molar-refractivity contribution in [1.82, 2.24) is 14.9 Å². The molecule has 7 nitrogen and oxygen atoms in total. The second-order valence-corrected chi connectivity index (χ2v) is 5.61. The summed E-state index contributed by atoms with van der Waals surface area (Å²) in [5.74, 6) is 1.41. The average Bonchev–Trinajstić information content (AvgIpc) is 3.15. The van der Waals surface area contributed by atoms with Gasteiger partial charge in [0.15, 0.2) is 0 Å². The van der Waals surface area contributed by atoms with Crippen molar-refractivity contribution in [1.29, 1.82) is 0 Å². The van der Waals surface area contributed by atoms with E-state index in [1.54, 1.807) is 30.5 Å². The Hall–Kier alpha value is -2.38. The first-order valence-corrected chi connectivity index (χ1v) is 7.53. The number of nitrogens with zero attached hydrogens (tertiary/aromatic N) is 2. The summed E-state index contributed by atoms with van der Waals surface area (Å²) in [6.45, 7) is 0.844. The Bertz CT molecular complexity index is 668. The number of aromatic nitrogens is 2. The fourth-order valence-electron chi connectivity index (χ4n) is 2.46. The topological polar surface area (TPSA) is 88.4 Å². The molecule has 0 saturated carbocycles. The van der Waals surface area contributed by atoms with Crippen molar-refractivity contribution < 1.29 is 14.6 Å². The Morgan fingerprint density at radius 3 is 2.87 bits per heavy atom. The maximum Gasteiger partial charge on any atom is 0.241 e. The quantitative estimate of drug-likeness (QED) is 0.754. The second kappa shape index (κ2) is 6.80. The Balaban J connectivity index is 1.52. The molecular formula is C16H20N4O3. The third kappa shape index (κ3) is 3.88. The van der Waals surface area contributed by atoms with E-state index in [0.29, 0.717) is 31.0 Å². The van der Waals surface area contributed by atoms with Gasteiger partial charge >= 0.3 is 0 Å². The first-order chi connectivity index (χ1) is 11.1. The highest BCUT2D eigenvalue weighted by Gasteiger charge is 2.27. The molecule has 1 fully saturated rings. The highest BCUT2D eigenvalue weighted by Crippen LogP contribution is 2.18. The molecule has 2 unspecified atom stereocenters. The Morgan fingerprint density at radius 2 is 2.26 bits per heavy atom. The molecule has 3 N–H and O–H groups in total. The lowest BCUT2D eigenvalue weighted by Crippen LogP contribution is -2.35. The van der Waals surface area contributed by atoms with Crippen LogP contribution in [-0.4, -0.2) is 39.3 Å². The van der Waals surface area contributed by atoms with E-state index >= 15 is 0 Å². The molecule has 23 heavy (non-hydrogen) atoms. The molecule has 122 valence electrons. The highest BCUT2D eigenvalue weighted by molar-refractivity contribution is 5.95. The number of amides is 1. The summed E-state index contributed by atoms with van der Waals surface area (Å²) >= 11 is 0. The number of aryl methyl sites for hydroxylation is 1. The monoisotopic (exact) mass is 316 g/mol. The van der Waals surface area contributed by atoms with Crippen LogP contribution >= 0.6 is 0 Å². The van der Waals surface area contributed by atoms with Crippen molar-refractivity contribution in [3.05, 3.63) is 42.5 Å². The van der Waals surface area contributed by atoms with Gasteiger partial charge in [0, 0.05) is 31.7 Å². The molecule has 2 heterocycles. The van der Waals surface area contributed by atoms with Crippen LogP contribution in [0.2, 0.25) is 0 Å². The SMILES string of the molecule is Cn1ccnc1COc1ccc(NC(=O)C2CC(O)CN2)cc1. The van der Waals surface area contributed by atoms with Crippen molar-refractivity contribution in [2.75, 3.05) is 11.9 Å². The van der Waals surface area contributed by atoms with Gasteiger partial charge in [0.2, 0.25) is 5.91 Å². The number of benzene rings is 1. The molecule has 2 atom stereocenters. The summed E-state index contributed by atoms with van der Waals surface area (Å²) in [4.78, 5) is 16.2. The predicted octanol–water partition coefficient (Wildman–Crippen LogP) is 0.660. The lowest BCUT2D eigenvalue weighted by molar-refractivity contribution is -0.117. The smallest absolute Gasteiger partial charge is 0.241 e. The zero-order valence-electron chi connectivity index (χ0n) is 12.9. The van der Waals surface area contributed by atoms with Crippen LogP contribution in [0.15, 0.2) is 36.7 Å². The van der Waals surface area contributed by atoms with Crippen LogP contribution in [0.25, 0.3) is 0 Å². The molecule has 7 heteroatoms. The maximum atomic E-state index is 12.0. The van der Waals surface area contributed by atoms with Crippen LogP contribution < -0.4 is 15.4 Å². The number of nitrogens with one attached hydrogen (secondary N) is 2. The fourth-order valence-corrected chi connectivity index (χ4v) is 2.46. The number of hydrogen-bond acceptors (Lipinski definition) is 5. The van der Waals surface area contributed by atoms with E-state index in [4.69, 9.17) is 4.74 Å².